The first kappa shape index (κ1) is 22.3. The lowest BCUT2D eigenvalue weighted by atomic mass is 10.1. The first-order valence-corrected chi connectivity index (χ1v) is 12.5. The Bertz CT molecular complexity index is 1410. The Morgan fingerprint density at radius 3 is 2.06 bits per heavy atom. The van der Waals surface area contributed by atoms with Crippen LogP contribution in [0.3, 0.4) is 0 Å². The third-order valence-corrected chi connectivity index (χ3v) is 6.70. The number of anilines is 2. The molecule has 3 aromatic carbocycles. The molecule has 2 aliphatic heterocycles. The van der Waals surface area contributed by atoms with Gasteiger partial charge in [-0.15, -0.1) is 0 Å². The van der Waals surface area contributed by atoms with E-state index < -0.39 is 6.10 Å². The van der Waals surface area contributed by atoms with Gasteiger partial charge in [0.25, 0.3) is 5.56 Å². The van der Waals surface area contributed by atoms with Crippen LogP contribution in [0.4, 0.5) is 11.5 Å². The van der Waals surface area contributed by atoms with Gasteiger partial charge in [-0.2, -0.15) is 0 Å². The third kappa shape index (κ3) is 4.20. The first-order chi connectivity index (χ1) is 17.8. The molecule has 0 saturated carbocycles. The second-order valence-electron chi connectivity index (χ2n) is 9.06. The maximum absolute atomic E-state index is 14.4. The van der Waals surface area contributed by atoms with E-state index in [9.17, 15) is 4.79 Å². The molecule has 6 nitrogen and oxygen atoms in total. The van der Waals surface area contributed by atoms with Gasteiger partial charge in [0.15, 0.2) is 0 Å². The minimum Gasteiger partial charge on any atom is -0.356 e. The summed E-state index contributed by atoms with van der Waals surface area (Å²) >= 11 is 0. The highest BCUT2D eigenvalue weighted by molar-refractivity contribution is 5.64. The molecule has 0 aliphatic carbocycles. The van der Waals surface area contributed by atoms with Gasteiger partial charge in [0.2, 0.25) is 0 Å². The third-order valence-electron chi connectivity index (χ3n) is 6.70. The van der Waals surface area contributed by atoms with E-state index in [4.69, 9.17) is 9.82 Å². The zero-order chi connectivity index (χ0) is 24.3. The van der Waals surface area contributed by atoms with Gasteiger partial charge in [-0.05, 0) is 37.1 Å². The van der Waals surface area contributed by atoms with Crippen molar-refractivity contribution in [2.75, 3.05) is 29.6 Å². The number of nitrogens with zero attached hydrogens (tertiary/aromatic N) is 4. The standard InChI is InChI=1S/C30H28N4O2/c35-30-27(26-19-12-22-33(36-26)24-15-6-2-7-16-24)29(32-20-10-11-21-32)31-28(23-13-4-1-5-14-23)34(30)25-17-8-3-9-18-25/h1-9,12-19,26H,10-11,20-22H2. The highest BCUT2D eigenvalue weighted by Crippen LogP contribution is 2.34. The van der Waals surface area contributed by atoms with E-state index in [0.29, 0.717) is 23.8 Å². The molecule has 1 fully saturated rings. The maximum atomic E-state index is 14.4. The molecule has 0 N–H and O–H groups in total. The second-order valence-corrected chi connectivity index (χ2v) is 9.06. The van der Waals surface area contributed by atoms with Crippen LogP contribution >= 0.6 is 0 Å². The number of benzene rings is 3. The van der Waals surface area contributed by atoms with Crippen LogP contribution in [0.5, 0.6) is 0 Å². The summed E-state index contributed by atoms with van der Waals surface area (Å²) in [5.41, 5.74) is 3.09. The monoisotopic (exact) mass is 476 g/mol. The molecule has 0 spiro atoms. The van der Waals surface area contributed by atoms with Gasteiger partial charge in [-0.25, -0.2) is 10.0 Å². The SMILES string of the molecule is O=c1c(C2C=CCN(c3ccccc3)O2)c(N2CCCC2)nc(-c2ccccc2)n1-c1ccccc1. The fourth-order valence-corrected chi connectivity index (χ4v) is 4.94. The largest absolute Gasteiger partial charge is 0.356 e. The molecule has 1 saturated heterocycles. The molecule has 0 radical (unpaired) electrons. The van der Waals surface area contributed by atoms with Crippen LogP contribution in [0, 0.1) is 0 Å². The fraction of sp³-hybridized carbons (Fsp3) is 0.200. The first-order valence-electron chi connectivity index (χ1n) is 12.5. The molecule has 0 bridgehead atoms. The summed E-state index contributed by atoms with van der Waals surface area (Å²) in [6.07, 6.45) is 5.66. The highest BCUT2D eigenvalue weighted by atomic mass is 16.7. The number of para-hydroxylation sites is 2. The number of hydroxylamine groups is 1. The minimum absolute atomic E-state index is 0.110. The van der Waals surface area contributed by atoms with Gasteiger partial charge < -0.3 is 4.90 Å². The lowest BCUT2D eigenvalue weighted by Crippen LogP contribution is -2.36. The van der Waals surface area contributed by atoms with E-state index in [1.807, 2.05) is 102 Å². The molecule has 3 heterocycles. The van der Waals surface area contributed by atoms with Crippen molar-refractivity contribution in [1.29, 1.82) is 0 Å². The summed E-state index contributed by atoms with van der Waals surface area (Å²) in [6, 6.07) is 29.6. The molecule has 6 heteroatoms. The van der Waals surface area contributed by atoms with Crippen molar-refractivity contribution >= 4 is 11.5 Å². The molecule has 6 rings (SSSR count). The Balaban J connectivity index is 1.56. The molecule has 1 unspecified atom stereocenters. The van der Waals surface area contributed by atoms with Crippen LogP contribution in [0.1, 0.15) is 24.5 Å². The molecule has 36 heavy (non-hydrogen) atoms. The molecule has 0 amide bonds. The zero-order valence-corrected chi connectivity index (χ0v) is 20.0. The van der Waals surface area contributed by atoms with Gasteiger partial charge in [-0.3, -0.25) is 14.2 Å². The molecule has 4 aromatic rings. The molecule has 1 atom stereocenters. The Morgan fingerprint density at radius 1 is 0.778 bits per heavy atom. The van der Waals surface area contributed by atoms with Crippen LogP contribution in [0.25, 0.3) is 17.1 Å². The van der Waals surface area contributed by atoms with Crippen molar-refractivity contribution in [3.8, 4) is 17.1 Å². The summed E-state index contributed by atoms with van der Waals surface area (Å²) < 4.78 is 1.73. The number of hydrogen-bond acceptors (Lipinski definition) is 5. The summed E-state index contributed by atoms with van der Waals surface area (Å²) in [5.74, 6) is 1.35. The minimum atomic E-state index is -0.547. The van der Waals surface area contributed by atoms with Crippen molar-refractivity contribution in [2.45, 2.75) is 18.9 Å². The lowest BCUT2D eigenvalue weighted by Gasteiger charge is -2.32. The predicted molar refractivity (Wildman–Crippen MR) is 143 cm³/mol. The Hall–Kier alpha value is -4.16. The number of rotatable bonds is 5. The van der Waals surface area contributed by atoms with Crippen molar-refractivity contribution < 1.29 is 4.84 Å². The highest BCUT2D eigenvalue weighted by Gasteiger charge is 2.31. The van der Waals surface area contributed by atoms with Crippen LogP contribution in [-0.2, 0) is 4.84 Å². The van der Waals surface area contributed by atoms with Gasteiger partial charge in [-0.1, -0.05) is 78.9 Å². The van der Waals surface area contributed by atoms with Gasteiger partial charge in [0.05, 0.1) is 23.5 Å². The van der Waals surface area contributed by atoms with E-state index in [-0.39, 0.29) is 5.56 Å². The summed E-state index contributed by atoms with van der Waals surface area (Å²) in [5, 5.41) is 1.84. The van der Waals surface area contributed by atoms with E-state index in [1.165, 1.54) is 0 Å². The average molecular weight is 477 g/mol. The Morgan fingerprint density at radius 2 is 1.39 bits per heavy atom. The van der Waals surface area contributed by atoms with Gasteiger partial charge in [0, 0.05) is 18.7 Å². The maximum Gasteiger partial charge on any atom is 0.266 e. The van der Waals surface area contributed by atoms with Crippen LogP contribution in [0.2, 0.25) is 0 Å². The van der Waals surface area contributed by atoms with E-state index in [1.54, 1.807) is 4.57 Å². The summed E-state index contributed by atoms with van der Waals surface area (Å²) in [6.45, 7) is 2.37. The van der Waals surface area contributed by atoms with Gasteiger partial charge >= 0.3 is 0 Å². The lowest BCUT2D eigenvalue weighted by molar-refractivity contribution is 0.0576. The zero-order valence-electron chi connectivity index (χ0n) is 20.0. The van der Waals surface area contributed by atoms with E-state index in [2.05, 4.69) is 11.0 Å². The normalized spacial score (nSPS) is 17.5. The number of aromatic nitrogens is 2. The van der Waals surface area contributed by atoms with E-state index >= 15 is 0 Å². The predicted octanol–water partition coefficient (Wildman–Crippen LogP) is 5.55. The average Bonchev–Trinajstić information content (AvgIpc) is 3.49. The molecule has 1 aromatic heterocycles. The quantitative estimate of drug-likeness (QED) is 0.354. The molecular formula is C30H28N4O2. The van der Waals surface area contributed by atoms with Crippen LogP contribution in [0.15, 0.2) is 108 Å². The summed E-state index contributed by atoms with van der Waals surface area (Å²) in [7, 11) is 0. The fourth-order valence-electron chi connectivity index (χ4n) is 4.94. The van der Waals surface area contributed by atoms with Crippen molar-refractivity contribution in [1.82, 2.24) is 9.55 Å². The Kier molecular flexibility index (Phi) is 6.10. The van der Waals surface area contributed by atoms with E-state index in [0.717, 1.165) is 42.9 Å². The van der Waals surface area contributed by atoms with Crippen molar-refractivity contribution in [3.05, 3.63) is 119 Å². The number of hydrogen-bond donors (Lipinski definition) is 0. The second kappa shape index (κ2) is 9.84. The van der Waals surface area contributed by atoms with Crippen LogP contribution < -0.4 is 15.5 Å². The molecular weight excluding hydrogens is 448 g/mol. The molecule has 180 valence electrons. The Labute approximate surface area is 210 Å². The van der Waals surface area contributed by atoms with Crippen molar-refractivity contribution in [3.63, 3.8) is 0 Å². The van der Waals surface area contributed by atoms with Gasteiger partial charge in [0.1, 0.15) is 17.7 Å². The summed E-state index contributed by atoms with van der Waals surface area (Å²) in [4.78, 5) is 28.3. The topological polar surface area (TPSA) is 50.6 Å². The molecule has 2 aliphatic rings. The van der Waals surface area contributed by atoms with Crippen LogP contribution in [-0.4, -0.2) is 29.2 Å². The smallest absolute Gasteiger partial charge is 0.266 e. The van der Waals surface area contributed by atoms with Crippen molar-refractivity contribution in [2.24, 2.45) is 0 Å².